The summed E-state index contributed by atoms with van der Waals surface area (Å²) in [6.45, 7) is 5.68. The lowest BCUT2D eigenvalue weighted by atomic mass is 10.0. The van der Waals surface area contributed by atoms with Crippen molar-refractivity contribution in [3.63, 3.8) is 0 Å². The van der Waals surface area contributed by atoms with E-state index in [1.165, 1.54) is 0 Å². The molecule has 3 heterocycles. The monoisotopic (exact) mass is 287 g/mol. The minimum Gasteiger partial charge on any atom is -0.373 e. The van der Waals surface area contributed by atoms with E-state index in [-0.39, 0.29) is 5.60 Å². The van der Waals surface area contributed by atoms with Gasteiger partial charge in [0.2, 0.25) is 5.95 Å². The maximum absolute atomic E-state index is 5.77. The number of hydrogen-bond donors (Lipinski definition) is 1. The fourth-order valence-electron chi connectivity index (χ4n) is 2.69. The van der Waals surface area contributed by atoms with Gasteiger partial charge in [0.25, 0.3) is 0 Å². The first kappa shape index (κ1) is 14.0. The SMILES string of the molecule is Cc1nn(C)cc1-c1ccnc(NC[C@@]2(C)CCCO2)n1. The number of aryl methyl sites for hydroxylation is 2. The molecule has 6 nitrogen and oxygen atoms in total. The normalized spacial score (nSPS) is 21.7. The highest BCUT2D eigenvalue weighted by atomic mass is 16.5. The number of nitrogens with zero attached hydrogens (tertiary/aromatic N) is 4. The van der Waals surface area contributed by atoms with Gasteiger partial charge in [-0.2, -0.15) is 5.10 Å². The molecule has 1 aliphatic heterocycles. The van der Waals surface area contributed by atoms with Gasteiger partial charge in [0.05, 0.1) is 17.0 Å². The molecular weight excluding hydrogens is 266 g/mol. The van der Waals surface area contributed by atoms with Crippen molar-refractivity contribution >= 4 is 5.95 Å². The lowest BCUT2D eigenvalue weighted by molar-refractivity contribution is 0.0314. The molecule has 2 aromatic heterocycles. The van der Waals surface area contributed by atoms with Crippen molar-refractivity contribution in [1.82, 2.24) is 19.7 Å². The molecule has 3 rings (SSSR count). The number of nitrogens with one attached hydrogen (secondary N) is 1. The van der Waals surface area contributed by atoms with Crippen LogP contribution in [0.1, 0.15) is 25.5 Å². The molecule has 0 aromatic carbocycles. The minimum atomic E-state index is -0.108. The third kappa shape index (κ3) is 3.05. The van der Waals surface area contributed by atoms with Gasteiger partial charge in [-0.05, 0) is 32.8 Å². The standard InChI is InChI=1S/C15H21N5O/c1-11-12(9-20(3)19-11)13-5-7-16-14(18-13)17-10-15(2)6-4-8-21-15/h5,7,9H,4,6,8,10H2,1-3H3,(H,16,17,18)/t15-/m1/s1. The quantitative estimate of drug-likeness (QED) is 0.933. The Morgan fingerprint density at radius 2 is 2.33 bits per heavy atom. The lowest BCUT2D eigenvalue weighted by Crippen LogP contribution is -2.33. The zero-order valence-corrected chi connectivity index (χ0v) is 12.8. The van der Waals surface area contributed by atoms with Gasteiger partial charge >= 0.3 is 0 Å². The predicted molar refractivity (Wildman–Crippen MR) is 81.1 cm³/mol. The number of aromatic nitrogens is 4. The average Bonchev–Trinajstić information content (AvgIpc) is 3.04. The Morgan fingerprint density at radius 3 is 3.00 bits per heavy atom. The van der Waals surface area contributed by atoms with Crippen molar-refractivity contribution in [3.8, 4) is 11.3 Å². The molecule has 1 N–H and O–H groups in total. The Bertz CT molecular complexity index is 631. The second-order valence-electron chi connectivity index (χ2n) is 5.82. The number of rotatable bonds is 4. The van der Waals surface area contributed by atoms with Gasteiger partial charge in [-0.1, -0.05) is 0 Å². The molecule has 0 aliphatic carbocycles. The van der Waals surface area contributed by atoms with E-state index >= 15 is 0 Å². The molecule has 6 heteroatoms. The van der Waals surface area contributed by atoms with E-state index in [1.807, 2.05) is 26.2 Å². The van der Waals surface area contributed by atoms with Crippen LogP contribution in [-0.4, -0.2) is 38.5 Å². The Balaban J connectivity index is 1.75. The minimum absolute atomic E-state index is 0.108. The third-order valence-corrected chi connectivity index (χ3v) is 3.87. The largest absolute Gasteiger partial charge is 0.373 e. The first-order valence-electron chi connectivity index (χ1n) is 7.27. The third-order valence-electron chi connectivity index (χ3n) is 3.87. The Labute approximate surface area is 124 Å². The van der Waals surface area contributed by atoms with Crippen molar-refractivity contribution in [2.24, 2.45) is 7.05 Å². The molecule has 0 unspecified atom stereocenters. The zero-order chi connectivity index (χ0) is 14.9. The maximum Gasteiger partial charge on any atom is 0.223 e. The Kier molecular flexibility index (Phi) is 3.63. The predicted octanol–water partition coefficient (Wildman–Crippen LogP) is 2.17. The summed E-state index contributed by atoms with van der Waals surface area (Å²) in [6, 6.07) is 1.91. The van der Waals surface area contributed by atoms with Crippen molar-refractivity contribution in [1.29, 1.82) is 0 Å². The van der Waals surface area contributed by atoms with Gasteiger partial charge in [0.1, 0.15) is 0 Å². The summed E-state index contributed by atoms with van der Waals surface area (Å²) in [4.78, 5) is 8.87. The van der Waals surface area contributed by atoms with Gasteiger partial charge in [-0.25, -0.2) is 9.97 Å². The molecule has 2 aromatic rings. The summed E-state index contributed by atoms with van der Waals surface area (Å²) in [5, 5.41) is 7.64. The van der Waals surface area contributed by atoms with Gasteiger partial charge < -0.3 is 10.1 Å². The van der Waals surface area contributed by atoms with Crippen LogP contribution in [-0.2, 0) is 11.8 Å². The van der Waals surface area contributed by atoms with Gasteiger partial charge in [-0.3, -0.25) is 4.68 Å². The van der Waals surface area contributed by atoms with Gasteiger partial charge in [0.15, 0.2) is 0 Å². The fraction of sp³-hybridized carbons (Fsp3) is 0.533. The zero-order valence-electron chi connectivity index (χ0n) is 12.8. The van der Waals surface area contributed by atoms with Crippen LogP contribution in [0.25, 0.3) is 11.3 Å². The van der Waals surface area contributed by atoms with Crippen molar-refractivity contribution in [2.45, 2.75) is 32.3 Å². The van der Waals surface area contributed by atoms with E-state index in [2.05, 4.69) is 27.3 Å². The summed E-state index contributed by atoms with van der Waals surface area (Å²) in [6.07, 6.45) is 5.94. The van der Waals surface area contributed by atoms with Crippen molar-refractivity contribution in [3.05, 3.63) is 24.2 Å². The number of ether oxygens (including phenoxy) is 1. The molecule has 1 fully saturated rings. The van der Waals surface area contributed by atoms with E-state index in [9.17, 15) is 0 Å². The molecule has 1 saturated heterocycles. The van der Waals surface area contributed by atoms with E-state index in [0.29, 0.717) is 5.95 Å². The second-order valence-corrected chi connectivity index (χ2v) is 5.82. The highest BCUT2D eigenvalue weighted by Crippen LogP contribution is 2.25. The Hall–Kier alpha value is -1.95. The molecule has 0 radical (unpaired) electrons. The summed E-state index contributed by atoms with van der Waals surface area (Å²) >= 11 is 0. The lowest BCUT2D eigenvalue weighted by Gasteiger charge is -2.23. The van der Waals surface area contributed by atoms with Crippen LogP contribution in [0.2, 0.25) is 0 Å². The first-order chi connectivity index (χ1) is 10.1. The fourth-order valence-corrected chi connectivity index (χ4v) is 2.69. The summed E-state index contributed by atoms with van der Waals surface area (Å²) in [5.41, 5.74) is 2.78. The van der Waals surface area contributed by atoms with Crippen LogP contribution >= 0.6 is 0 Å². The molecule has 0 spiro atoms. The van der Waals surface area contributed by atoms with Crippen LogP contribution < -0.4 is 5.32 Å². The number of hydrogen-bond acceptors (Lipinski definition) is 5. The highest BCUT2D eigenvalue weighted by molar-refractivity contribution is 5.61. The summed E-state index contributed by atoms with van der Waals surface area (Å²) in [5.74, 6) is 0.632. The van der Waals surface area contributed by atoms with E-state index in [0.717, 1.165) is 42.9 Å². The van der Waals surface area contributed by atoms with Gasteiger partial charge in [-0.15, -0.1) is 0 Å². The second kappa shape index (κ2) is 5.44. The highest BCUT2D eigenvalue weighted by Gasteiger charge is 2.29. The van der Waals surface area contributed by atoms with Crippen molar-refractivity contribution < 1.29 is 4.74 Å². The van der Waals surface area contributed by atoms with Crippen LogP contribution in [0, 0.1) is 6.92 Å². The molecule has 0 bridgehead atoms. The van der Waals surface area contributed by atoms with E-state index in [1.54, 1.807) is 10.9 Å². The van der Waals surface area contributed by atoms with Crippen LogP contribution in [0.4, 0.5) is 5.95 Å². The van der Waals surface area contributed by atoms with E-state index in [4.69, 9.17) is 4.74 Å². The van der Waals surface area contributed by atoms with Crippen LogP contribution in [0.3, 0.4) is 0 Å². The molecule has 1 atom stereocenters. The molecular formula is C15H21N5O. The first-order valence-corrected chi connectivity index (χ1v) is 7.27. The average molecular weight is 287 g/mol. The summed E-state index contributed by atoms with van der Waals surface area (Å²) < 4.78 is 7.57. The van der Waals surface area contributed by atoms with Gasteiger partial charge in [0, 0.05) is 38.2 Å². The maximum atomic E-state index is 5.77. The van der Waals surface area contributed by atoms with Crippen LogP contribution in [0.15, 0.2) is 18.5 Å². The molecule has 1 aliphatic rings. The summed E-state index contributed by atoms with van der Waals surface area (Å²) in [7, 11) is 1.91. The van der Waals surface area contributed by atoms with E-state index < -0.39 is 0 Å². The molecule has 0 amide bonds. The smallest absolute Gasteiger partial charge is 0.223 e. The number of anilines is 1. The Morgan fingerprint density at radius 1 is 1.48 bits per heavy atom. The molecule has 112 valence electrons. The molecule has 21 heavy (non-hydrogen) atoms. The van der Waals surface area contributed by atoms with Crippen molar-refractivity contribution in [2.75, 3.05) is 18.5 Å². The topological polar surface area (TPSA) is 64.9 Å². The van der Waals surface area contributed by atoms with Crippen LogP contribution in [0.5, 0.6) is 0 Å². The molecule has 0 saturated carbocycles.